The average molecular weight is 857 g/mol. The number of ether oxygens (including phenoxy) is 3. The van der Waals surface area contributed by atoms with E-state index in [4.69, 9.17) is 34.8 Å². The van der Waals surface area contributed by atoms with Crippen molar-refractivity contribution in [3.05, 3.63) is 47.3 Å². The molecule has 14 nitrogen and oxygen atoms in total. The maximum Gasteiger partial charge on any atom is 0.410 e. The van der Waals surface area contributed by atoms with Crippen molar-refractivity contribution in [2.45, 2.75) is 68.1 Å². The number of likely N-dealkylation sites (tertiary alicyclic amines) is 1. The zero-order valence-corrected chi connectivity index (χ0v) is 33.2. The van der Waals surface area contributed by atoms with Gasteiger partial charge in [0.05, 0.1) is 40.4 Å². The molecule has 60 heavy (non-hydrogen) atoms. The lowest BCUT2D eigenvalue weighted by Crippen LogP contribution is -2.51. The van der Waals surface area contributed by atoms with Crippen molar-refractivity contribution in [3.63, 3.8) is 0 Å². The SMILES string of the molecule is C=C1CN2[C@H](COC(=O)N3CCC(F)(F)C3)CC[C@@]2(COc2nc(N3CC4CCC(C3)N4)c3c(OC)c(F)c(-c4ccc(F)c5sc(N)c(C#N)c45)c(F)c3n2)C1.O=CO. The molecule has 4 N–H and O–H groups in total. The molecule has 0 spiro atoms. The largest absolute Gasteiger partial charge is 0.493 e. The number of hydrogen-bond donors (Lipinski definition) is 3. The van der Waals surface area contributed by atoms with E-state index in [9.17, 15) is 18.8 Å². The number of carbonyl (C=O) groups is 2. The normalized spacial score (nSPS) is 24.4. The van der Waals surface area contributed by atoms with Crippen molar-refractivity contribution >= 4 is 55.7 Å². The molecule has 5 saturated heterocycles. The first-order chi connectivity index (χ1) is 28.7. The molecule has 0 radical (unpaired) electrons. The van der Waals surface area contributed by atoms with Crippen molar-refractivity contribution in [3.8, 4) is 29.0 Å². The summed E-state index contributed by atoms with van der Waals surface area (Å²) in [5.41, 5.74) is 5.34. The second kappa shape index (κ2) is 15.8. The number of nitrogen functional groups attached to an aromatic ring is 1. The zero-order valence-electron chi connectivity index (χ0n) is 32.4. The molecular weight excluding hydrogens is 816 g/mol. The van der Waals surface area contributed by atoms with Gasteiger partial charge in [0.2, 0.25) is 0 Å². The lowest BCUT2D eigenvalue weighted by molar-refractivity contribution is -0.122. The second-order valence-corrected chi connectivity index (χ2v) is 16.9. The first kappa shape index (κ1) is 41.2. The molecule has 0 aliphatic carbocycles. The molecule has 1 amide bonds. The summed E-state index contributed by atoms with van der Waals surface area (Å²) in [5.74, 6) is -5.88. The first-order valence-corrected chi connectivity index (χ1v) is 20.1. The number of nitrogens with one attached hydrogen (secondary N) is 1. The number of carbonyl (C=O) groups excluding carboxylic acids is 1. The minimum atomic E-state index is -2.93. The van der Waals surface area contributed by atoms with Crippen LogP contribution in [0.2, 0.25) is 0 Å². The third-order valence-corrected chi connectivity index (χ3v) is 13.2. The van der Waals surface area contributed by atoms with Crippen molar-refractivity contribution in [2.75, 3.05) is 63.7 Å². The predicted molar refractivity (Wildman–Crippen MR) is 211 cm³/mol. The molecule has 7 heterocycles. The molecule has 2 aromatic carbocycles. The van der Waals surface area contributed by atoms with E-state index in [2.05, 4.69) is 21.8 Å². The van der Waals surface area contributed by atoms with Gasteiger partial charge < -0.3 is 40.2 Å². The highest BCUT2D eigenvalue weighted by Gasteiger charge is 2.52. The molecule has 0 saturated carbocycles. The van der Waals surface area contributed by atoms with Crippen LogP contribution in [0.25, 0.3) is 32.1 Å². The van der Waals surface area contributed by atoms with E-state index in [1.807, 2.05) is 11.0 Å². The molecule has 2 aromatic heterocycles. The van der Waals surface area contributed by atoms with E-state index in [1.54, 1.807) is 0 Å². The Balaban J connectivity index is 0.00000162. The minimum absolute atomic E-state index is 0.00106. The number of nitrogens with zero attached hydrogens (tertiary/aromatic N) is 6. The summed E-state index contributed by atoms with van der Waals surface area (Å²) in [6.07, 6.45) is 2.48. The predicted octanol–water partition coefficient (Wildman–Crippen LogP) is 6.05. The highest BCUT2D eigenvalue weighted by atomic mass is 32.1. The quantitative estimate of drug-likeness (QED) is 0.106. The van der Waals surface area contributed by atoms with Crippen LogP contribution in [0.3, 0.4) is 0 Å². The monoisotopic (exact) mass is 856 g/mol. The maximum absolute atomic E-state index is 17.3. The number of methoxy groups -OCH3 is 1. The van der Waals surface area contributed by atoms with Gasteiger partial charge in [-0.3, -0.25) is 9.69 Å². The van der Waals surface area contributed by atoms with Crippen LogP contribution in [0.1, 0.15) is 44.1 Å². The number of carboxylic acid groups (broad SMARTS) is 1. The Labute approximate surface area is 344 Å². The van der Waals surface area contributed by atoms with Crippen LogP contribution in [0, 0.1) is 28.8 Å². The van der Waals surface area contributed by atoms with Gasteiger partial charge >= 0.3 is 12.1 Å². The van der Waals surface area contributed by atoms with Gasteiger partial charge in [0, 0.05) is 56.1 Å². The van der Waals surface area contributed by atoms with Crippen molar-refractivity contribution in [1.82, 2.24) is 25.1 Å². The number of hydrogen-bond acceptors (Lipinski definition) is 13. The van der Waals surface area contributed by atoms with E-state index >= 15 is 13.2 Å². The summed E-state index contributed by atoms with van der Waals surface area (Å²) in [5, 5.41) is 20.4. The minimum Gasteiger partial charge on any atom is -0.493 e. The van der Waals surface area contributed by atoms with Gasteiger partial charge in [-0.1, -0.05) is 18.2 Å². The topological polar surface area (TPSA) is 179 Å². The Bertz CT molecular complexity index is 2440. The Morgan fingerprint density at radius 2 is 1.88 bits per heavy atom. The van der Waals surface area contributed by atoms with Gasteiger partial charge in [0.15, 0.2) is 17.4 Å². The van der Waals surface area contributed by atoms with Crippen molar-refractivity contribution in [2.24, 2.45) is 0 Å². The van der Waals surface area contributed by atoms with Gasteiger partial charge in [-0.2, -0.15) is 15.2 Å². The van der Waals surface area contributed by atoms with Crippen LogP contribution in [0.5, 0.6) is 11.8 Å². The number of benzene rings is 2. The number of amides is 1. The van der Waals surface area contributed by atoms with Crippen LogP contribution in [0.15, 0.2) is 24.3 Å². The second-order valence-electron chi connectivity index (χ2n) is 15.9. The molecule has 20 heteroatoms. The first-order valence-electron chi connectivity index (χ1n) is 19.3. The van der Waals surface area contributed by atoms with Gasteiger partial charge in [-0.25, -0.2) is 26.7 Å². The number of nitriles is 1. The number of alkyl halides is 2. The Kier molecular flexibility index (Phi) is 10.9. The fraction of sp³-hybridized carbons (Fsp3) is 0.475. The van der Waals surface area contributed by atoms with Crippen LogP contribution in [-0.4, -0.2) is 120 Å². The molecule has 5 aliphatic rings. The Morgan fingerprint density at radius 1 is 1.15 bits per heavy atom. The molecule has 5 fully saturated rings. The van der Waals surface area contributed by atoms with E-state index in [0.717, 1.165) is 40.7 Å². The van der Waals surface area contributed by atoms with Gasteiger partial charge in [-0.15, -0.1) is 11.3 Å². The van der Waals surface area contributed by atoms with Gasteiger partial charge in [-0.05, 0) is 43.7 Å². The number of anilines is 2. The summed E-state index contributed by atoms with van der Waals surface area (Å²) < 4.78 is 94.3. The molecule has 9 rings (SSSR count). The fourth-order valence-corrected chi connectivity index (χ4v) is 10.5. The van der Waals surface area contributed by atoms with Crippen LogP contribution >= 0.6 is 11.3 Å². The standard InChI is InChI=1S/C39H39F5N8O4S.CH2O2/c1-19-11-38(8-7-22(52(38)13-19)16-55-37(53)50-10-9-39(43,44)17-50)18-56-36-48-31-28(35(49-36)51-14-20-3-4-21(15-51)47-20)32(54-2)30(42)27(29(31)41)23-5-6-25(40)33-26(23)24(12-45)34(46)57-33;2-1-3/h5-6,20-22,47H,1,3-4,7-11,13-18,46H2,2H3;1H,(H,2,3)/t20?,21?,22-,38-;/m0./s1. The fourth-order valence-electron chi connectivity index (χ4n) is 9.53. The summed E-state index contributed by atoms with van der Waals surface area (Å²) in [6, 6.07) is 4.09. The lowest BCUT2D eigenvalue weighted by atomic mass is 9.94. The maximum atomic E-state index is 17.3. The van der Waals surface area contributed by atoms with E-state index in [1.165, 1.54) is 13.2 Å². The Morgan fingerprint density at radius 3 is 2.55 bits per heavy atom. The Hall–Kier alpha value is -5.52. The summed E-state index contributed by atoms with van der Waals surface area (Å²) in [4.78, 5) is 35.5. The van der Waals surface area contributed by atoms with Crippen molar-refractivity contribution < 1.29 is 50.9 Å². The molecule has 2 bridgehead atoms. The molecule has 5 aliphatic heterocycles. The summed E-state index contributed by atoms with van der Waals surface area (Å²) in [6.45, 7) is 4.77. The molecule has 318 valence electrons. The summed E-state index contributed by atoms with van der Waals surface area (Å²) in [7, 11) is 1.26. The van der Waals surface area contributed by atoms with E-state index in [0.29, 0.717) is 38.9 Å². The third kappa shape index (κ3) is 7.15. The van der Waals surface area contributed by atoms with Crippen molar-refractivity contribution in [1.29, 1.82) is 5.26 Å². The molecule has 4 aromatic rings. The number of fused-ring (bicyclic) bond motifs is 5. The third-order valence-electron chi connectivity index (χ3n) is 12.1. The van der Waals surface area contributed by atoms with E-state index in [-0.39, 0.29) is 99.1 Å². The number of thiophene rings is 1. The number of rotatable bonds is 8. The molecular formula is C40H41F5N8O6S. The van der Waals surface area contributed by atoms with E-state index < -0.39 is 53.5 Å². The van der Waals surface area contributed by atoms with Crippen LogP contribution in [-0.2, 0) is 9.53 Å². The smallest absolute Gasteiger partial charge is 0.410 e. The number of piperazine rings is 1. The zero-order chi connectivity index (χ0) is 42.7. The molecule has 4 atom stereocenters. The highest BCUT2D eigenvalue weighted by molar-refractivity contribution is 7.23. The van der Waals surface area contributed by atoms with Gasteiger partial charge in [0.1, 0.15) is 41.4 Å². The highest BCUT2D eigenvalue weighted by Crippen LogP contribution is 2.49. The average Bonchev–Trinajstić information content (AvgIpc) is 4.01. The van der Waals surface area contributed by atoms with Crippen LogP contribution < -0.4 is 25.4 Å². The number of aromatic nitrogens is 2. The van der Waals surface area contributed by atoms with Crippen LogP contribution in [0.4, 0.5) is 37.6 Å². The number of halogens is 5. The molecule has 2 unspecified atom stereocenters. The summed E-state index contributed by atoms with van der Waals surface area (Å²) >= 11 is 0.812. The lowest BCUT2D eigenvalue weighted by Gasteiger charge is -2.35. The number of nitrogens with two attached hydrogens (primary N) is 1. The van der Waals surface area contributed by atoms with Gasteiger partial charge in [0.25, 0.3) is 12.4 Å².